The van der Waals surface area contributed by atoms with Gasteiger partial charge in [0.05, 0.1) is 11.4 Å². The van der Waals surface area contributed by atoms with Crippen LogP contribution >= 0.6 is 0 Å². The second kappa shape index (κ2) is 8.44. The van der Waals surface area contributed by atoms with Crippen LogP contribution in [0.3, 0.4) is 0 Å². The van der Waals surface area contributed by atoms with Gasteiger partial charge in [-0.1, -0.05) is 33.8 Å². The molecule has 7 nitrogen and oxygen atoms in total. The lowest BCUT2D eigenvalue weighted by atomic mass is 9.63. The molecule has 1 fully saturated rings. The third-order valence-corrected chi connectivity index (χ3v) is 7.02. The first-order chi connectivity index (χ1) is 13.2. The zero-order valence-electron chi connectivity index (χ0n) is 18.2. The molecule has 2 amide bonds. The highest BCUT2D eigenvalue weighted by molar-refractivity contribution is 7.89. The van der Waals surface area contributed by atoms with Gasteiger partial charge in [-0.2, -0.15) is 0 Å². The zero-order chi connectivity index (χ0) is 22.0. The Morgan fingerprint density at radius 2 is 1.69 bits per heavy atom. The molecule has 2 rings (SSSR count). The van der Waals surface area contributed by atoms with E-state index in [-0.39, 0.29) is 39.8 Å². The quantitative estimate of drug-likeness (QED) is 0.734. The first-order valence-corrected chi connectivity index (χ1v) is 11.3. The summed E-state index contributed by atoms with van der Waals surface area (Å²) in [5.74, 6) is -0.728. The predicted octanol–water partition coefficient (Wildman–Crippen LogP) is 2.39. The van der Waals surface area contributed by atoms with E-state index in [1.807, 2.05) is 0 Å². The van der Waals surface area contributed by atoms with Crippen molar-refractivity contribution in [3.05, 3.63) is 29.8 Å². The van der Waals surface area contributed by atoms with Gasteiger partial charge in [-0.3, -0.25) is 9.59 Å². The van der Waals surface area contributed by atoms with Gasteiger partial charge in [-0.25, -0.2) is 12.7 Å². The van der Waals surface area contributed by atoms with E-state index >= 15 is 0 Å². The lowest BCUT2D eigenvalue weighted by molar-refractivity contribution is -0.121. The van der Waals surface area contributed by atoms with E-state index in [4.69, 9.17) is 0 Å². The maximum Gasteiger partial charge on any atom is 0.251 e. The highest BCUT2D eigenvalue weighted by atomic mass is 32.2. The van der Waals surface area contributed by atoms with Crippen LogP contribution in [-0.4, -0.2) is 51.2 Å². The zero-order valence-corrected chi connectivity index (χ0v) is 19.0. The molecule has 0 unspecified atom stereocenters. The number of nitrogens with one attached hydrogen (secondary N) is 2. The van der Waals surface area contributed by atoms with E-state index in [0.717, 1.165) is 23.6 Å². The Labute approximate surface area is 174 Å². The molecule has 1 saturated carbocycles. The Kier molecular flexibility index (Phi) is 6.79. The highest BCUT2D eigenvalue weighted by Crippen LogP contribution is 2.45. The van der Waals surface area contributed by atoms with Crippen molar-refractivity contribution in [2.24, 2.45) is 10.8 Å². The van der Waals surface area contributed by atoms with E-state index in [1.165, 1.54) is 38.4 Å². The van der Waals surface area contributed by atoms with Gasteiger partial charge >= 0.3 is 0 Å². The number of hydrogen-bond acceptors (Lipinski definition) is 4. The van der Waals surface area contributed by atoms with Crippen LogP contribution in [0, 0.1) is 10.8 Å². The standard InChI is InChI=1S/C21H33N3O4S/c1-20(2)11-16(12-21(3,4)14-20)23-18(25)13-22-19(26)15-8-7-9-17(10-15)29(27,28)24(5)6/h7-10,16H,11-14H2,1-6H3,(H,22,26)(H,23,25). The second-order valence-corrected chi connectivity index (χ2v) is 11.8. The Bertz CT molecular complexity index is 860. The fourth-order valence-corrected chi connectivity index (χ4v) is 5.45. The van der Waals surface area contributed by atoms with Gasteiger partial charge in [-0.15, -0.1) is 0 Å². The van der Waals surface area contributed by atoms with Gasteiger partial charge in [-0.05, 0) is 48.3 Å². The maximum absolute atomic E-state index is 12.4. The van der Waals surface area contributed by atoms with Crippen molar-refractivity contribution in [3.63, 3.8) is 0 Å². The number of rotatable bonds is 6. The molecule has 0 saturated heterocycles. The maximum atomic E-state index is 12.4. The smallest absolute Gasteiger partial charge is 0.251 e. The van der Waals surface area contributed by atoms with E-state index < -0.39 is 15.9 Å². The Hall–Kier alpha value is -1.93. The number of hydrogen-bond donors (Lipinski definition) is 2. The number of amides is 2. The highest BCUT2D eigenvalue weighted by Gasteiger charge is 2.38. The fourth-order valence-electron chi connectivity index (χ4n) is 4.50. The molecule has 0 radical (unpaired) electrons. The Morgan fingerprint density at radius 3 is 2.24 bits per heavy atom. The van der Waals surface area contributed by atoms with Crippen LogP contribution in [0.2, 0.25) is 0 Å². The average Bonchev–Trinajstić information content (AvgIpc) is 2.56. The molecule has 0 aliphatic heterocycles. The van der Waals surface area contributed by atoms with Crippen molar-refractivity contribution >= 4 is 21.8 Å². The first kappa shape index (κ1) is 23.3. The predicted molar refractivity (Wildman–Crippen MR) is 113 cm³/mol. The third-order valence-electron chi connectivity index (χ3n) is 5.20. The topological polar surface area (TPSA) is 95.6 Å². The molecule has 29 heavy (non-hydrogen) atoms. The molecule has 0 spiro atoms. The van der Waals surface area contributed by atoms with Crippen LogP contribution in [0.5, 0.6) is 0 Å². The lowest BCUT2D eigenvalue weighted by Gasteiger charge is -2.45. The van der Waals surface area contributed by atoms with Crippen LogP contribution in [-0.2, 0) is 14.8 Å². The first-order valence-electron chi connectivity index (χ1n) is 9.82. The molecule has 0 heterocycles. The number of carbonyl (C=O) groups excluding carboxylic acids is 2. The van der Waals surface area contributed by atoms with Crippen molar-refractivity contribution in [3.8, 4) is 0 Å². The van der Waals surface area contributed by atoms with Crippen LogP contribution in [0.25, 0.3) is 0 Å². The van der Waals surface area contributed by atoms with Crippen LogP contribution < -0.4 is 10.6 Å². The summed E-state index contributed by atoms with van der Waals surface area (Å²) >= 11 is 0. The molecular weight excluding hydrogens is 390 g/mol. The van der Waals surface area contributed by atoms with Crippen molar-refractivity contribution in [1.82, 2.24) is 14.9 Å². The van der Waals surface area contributed by atoms with Gasteiger partial charge in [0.1, 0.15) is 0 Å². The minimum Gasteiger partial charge on any atom is -0.352 e. The van der Waals surface area contributed by atoms with Gasteiger partial charge in [0.2, 0.25) is 15.9 Å². The van der Waals surface area contributed by atoms with E-state index in [9.17, 15) is 18.0 Å². The summed E-state index contributed by atoms with van der Waals surface area (Å²) in [6.07, 6.45) is 2.91. The summed E-state index contributed by atoms with van der Waals surface area (Å²) in [7, 11) is -0.770. The summed E-state index contributed by atoms with van der Waals surface area (Å²) < 4.78 is 25.5. The molecule has 1 aromatic rings. The van der Waals surface area contributed by atoms with E-state index in [1.54, 1.807) is 0 Å². The van der Waals surface area contributed by atoms with Gasteiger partial charge in [0, 0.05) is 25.7 Å². The minimum atomic E-state index is -3.63. The van der Waals surface area contributed by atoms with Gasteiger partial charge in [0.15, 0.2) is 0 Å². The van der Waals surface area contributed by atoms with Gasteiger partial charge in [0.25, 0.3) is 5.91 Å². The van der Waals surface area contributed by atoms with Gasteiger partial charge < -0.3 is 10.6 Å². The van der Waals surface area contributed by atoms with Crippen LogP contribution in [0.1, 0.15) is 57.3 Å². The Morgan fingerprint density at radius 1 is 1.10 bits per heavy atom. The largest absolute Gasteiger partial charge is 0.352 e. The normalized spacial score (nSPS) is 19.0. The van der Waals surface area contributed by atoms with Crippen LogP contribution in [0.4, 0.5) is 0 Å². The number of nitrogens with zero attached hydrogens (tertiary/aromatic N) is 1. The summed E-state index contributed by atoms with van der Waals surface area (Å²) in [6, 6.07) is 5.86. The number of sulfonamides is 1. The molecule has 2 N–H and O–H groups in total. The third kappa shape index (κ3) is 6.27. The molecule has 1 aliphatic carbocycles. The van der Waals surface area contributed by atoms with Crippen molar-refractivity contribution in [2.75, 3.05) is 20.6 Å². The SMILES string of the molecule is CN(C)S(=O)(=O)c1cccc(C(=O)NCC(=O)NC2CC(C)(C)CC(C)(C)C2)c1. The summed E-state index contributed by atoms with van der Waals surface area (Å²) in [4.78, 5) is 24.8. The summed E-state index contributed by atoms with van der Waals surface area (Å²) in [5.41, 5.74) is 0.503. The molecule has 8 heteroatoms. The number of benzene rings is 1. The average molecular weight is 424 g/mol. The second-order valence-electron chi connectivity index (χ2n) is 9.68. The molecule has 1 aromatic carbocycles. The monoisotopic (exact) mass is 423 g/mol. The lowest BCUT2D eigenvalue weighted by Crippen LogP contribution is -2.48. The van der Waals surface area contributed by atoms with E-state index in [0.29, 0.717) is 0 Å². The van der Waals surface area contributed by atoms with Crippen LogP contribution in [0.15, 0.2) is 29.2 Å². The molecule has 162 valence electrons. The molecule has 0 bridgehead atoms. The molecule has 0 aromatic heterocycles. The molecule has 0 atom stereocenters. The van der Waals surface area contributed by atoms with Crippen molar-refractivity contribution < 1.29 is 18.0 Å². The molecule has 1 aliphatic rings. The summed E-state index contributed by atoms with van der Waals surface area (Å²) in [6.45, 7) is 8.70. The fraction of sp³-hybridized carbons (Fsp3) is 0.619. The Balaban J connectivity index is 1.97. The minimum absolute atomic E-state index is 0.0336. The van der Waals surface area contributed by atoms with Crippen molar-refractivity contribution in [2.45, 2.75) is 57.9 Å². The number of carbonyl (C=O) groups is 2. The van der Waals surface area contributed by atoms with E-state index in [2.05, 4.69) is 38.3 Å². The summed E-state index contributed by atoms with van der Waals surface area (Å²) in [5, 5.41) is 5.61. The van der Waals surface area contributed by atoms with Crippen molar-refractivity contribution in [1.29, 1.82) is 0 Å². The molecular formula is C21H33N3O4S.